The van der Waals surface area contributed by atoms with Crippen molar-refractivity contribution < 1.29 is 0 Å². The summed E-state index contributed by atoms with van der Waals surface area (Å²) >= 11 is 0. The van der Waals surface area contributed by atoms with Crippen LogP contribution in [0.1, 0.15) is 32.6 Å². The molecule has 2 nitrogen and oxygen atoms in total. The second kappa shape index (κ2) is 4.63. The molecule has 2 saturated heterocycles. The van der Waals surface area contributed by atoms with Crippen molar-refractivity contribution in [2.24, 2.45) is 5.92 Å². The van der Waals surface area contributed by atoms with Crippen LogP contribution in [0.4, 0.5) is 0 Å². The summed E-state index contributed by atoms with van der Waals surface area (Å²) in [4.78, 5) is 5.21. The maximum absolute atomic E-state index is 2.75. The van der Waals surface area contributed by atoms with E-state index in [0.717, 1.165) is 12.0 Å². The predicted molar refractivity (Wildman–Crippen MR) is 60.5 cm³/mol. The van der Waals surface area contributed by atoms with Crippen LogP contribution in [0, 0.1) is 5.92 Å². The molecule has 0 radical (unpaired) electrons. The summed E-state index contributed by atoms with van der Waals surface area (Å²) in [6, 6.07) is 0.897. The van der Waals surface area contributed by atoms with Gasteiger partial charge < -0.3 is 9.80 Å². The normalized spacial score (nSPS) is 33.4. The highest BCUT2D eigenvalue weighted by atomic mass is 15.2. The van der Waals surface area contributed by atoms with E-state index in [9.17, 15) is 0 Å². The molecule has 0 aromatic carbocycles. The fourth-order valence-electron chi connectivity index (χ4n) is 2.92. The quantitative estimate of drug-likeness (QED) is 0.631. The average molecular weight is 196 g/mol. The van der Waals surface area contributed by atoms with E-state index in [1.165, 1.54) is 51.9 Å². The molecule has 2 aliphatic heterocycles. The van der Waals surface area contributed by atoms with Gasteiger partial charge in [-0.15, -0.1) is 0 Å². The van der Waals surface area contributed by atoms with Crippen molar-refractivity contribution in [1.82, 2.24) is 9.80 Å². The summed E-state index contributed by atoms with van der Waals surface area (Å²) < 4.78 is 0. The molecule has 2 rings (SSSR count). The lowest BCUT2D eigenvalue weighted by Crippen LogP contribution is -2.47. The van der Waals surface area contributed by atoms with E-state index in [1.807, 2.05) is 0 Å². The van der Waals surface area contributed by atoms with Gasteiger partial charge in [-0.1, -0.05) is 6.92 Å². The number of hydrogen-bond acceptors (Lipinski definition) is 2. The van der Waals surface area contributed by atoms with E-state index in [-0.39, 0.29) is 0 Å². The molecule has 0 N–H and O–H groups in total. The highest BCUT2D eigenvalue weighted by molar-refractivity contribution is 4.81. The molecule has 1 unspecified atom stereocenters. The van der Waals surface area contributed by atoms with Gasteiger partial charge in [0.1, 0.15) is 0 Å². The lowest BCUT2D eigenvalue weighted by molar-refractivity contribution is 0.0830. The summed E-state index contributed by atoms with van der Waals surface area (Å²) in [5.41, 5.74) is 0. The molecule has 2 heterocycles. The number of hydrogen-bond donors (Lipinski definition) is 0. The molecule has 14 heavy (non-hydrogen) atoms. The molecular weight excluding hydrogens is 172 g/mol. The Morgan fingerprint density at radius 3 is 2.36 bits per heavy atom. The highest BCUT2D eigenvalue weighted by Gasteiger charge is 2.26. The van der Waals surface area contributed by atoms with Gasteiger partial charge in [0.25, 0.3) is 0 Å². The van der Waals surface area contributed by atoms with Crippen LogP contribution in [0.2, 0.25) is 0 Å². The summed E-state index contributed by atoms with van der Waals surface area (Å²) in [5, 5.41) is 0. The van der Waals surface area contributed by atoms with Crippen molar-refractivity contribution in [2.75, 3.05) is 33.2 Å². The minimum atomic E-state index is 0.897. The van der Waals surface area contributed by atoms with Gasteiger partial charge in [-0.25, -0.2) is 0 Å². The molecule has 2 aliphatic rings. The monoisotopic (exact) mass is 196 g/mol. The third-order valence-electron chi connectivity index (χ3n) is 3.89. The van der Waals surface area contributed by atoms with Crippen molar-refractivity contribution in [3.63, 3.8) is 0 Å². The molecule has 0 aromatic heterocycles. The largest absolute Gasteiger partial charge is 0.306 e. The van der Waals surface area contributed by atoms with Gasteiger partial charge in [0.15, 0.2) is 0 Å². The maximum atomic E-state index is 2.75. The molecule has 2 fully saturated rings. The topological polar surface area (TPSA) is 6.48 Å². The molecule has 0 amide bonds. The van der Waals surface area contributed by atoms with Crippen LogP contribution in [0.5, 0.6) is 0 Å². The Bertz CT molecular complexity index is 173. The second-order valence-electron chi connectivity index (χ2n) is 5.28. The fraction of sp³-hybridized carbons (Fsp3) is 1.00. The minimum absolute atomic E-state index is 0.897. The summed E-state index contributed by atoms with van der Waals surface area (Å²) in [5.74, 6) is 0.934. The first-order valence-corrected chi connectivity index (χ1v) is 6.18. The molecule has 0 aliphatic carbocycles. The third kappa shape index (κ3) is 2.48. The molecule has 0 bridgehead atoms. The molecule has 0 saturated carbocycles. The first kappa shape index (κ1) is 10.4. The first-order chi connectivity index (χ1) is 6.75. The van der Waals surface area contributed by atoms with Gasteiger partial charge in [0.05, 0.1) is 0 Å². The number of likely N-dealkylation sites (tertiary alicyclic amines) is 2. The number of piperidine rings is 2. The van der Waals surface area contributed by atoms with E-state index < -0.39 is 0 Å². The van der Waals surface area contributed by atoms with Crippen LogP contribution in [0.3, 0.4) is 0 Å². The fourth-order valence-corrected chi connectivity index (χ4v) is 2.92. The third-order valence-corrected chi connectivity index (χ3v) is 3.89. The Morgan fingerprint density at radius 1 is 1.00 bits per heavy atom. The van der Waals surface area contributed by atoms with Crippen LogP contribution in [0.15, 0.2) is 0 Å². The van der Waals surface area contributed by atoms with Crippen molar-refractivity contribution in [3.05, 3.63) is 0 Å². The Balaban J connectivity index is 1.82. The van der Waals surface area contributed by atoms with Crippen LogP contribution >= 0.6 is 0 Å². The van der Waals surface area contributed by atoms with E-state index >= 15 is 0 Å². The average Bonchev–Trinajstić information content (AvgIpc) is 2.19. The SMILES string of the molecule is CC1CCCN(C2CCN(C)CC2)C1. The summed E-state index contributed by atoms with van der Waals surface area (Å²) in [6.07, 6.45) is 5.66. The maximum Gasteiger partial charge on any atom is 0.0120 e. The molecule has 82 valence electrons. The Morgan fingerprint density at radius 2 is 1.71 bits per heavy atom. The smallest absolute Gasteiger partial charge is 0.0120 e. The highest BCUT2D eigenvalue weighted by Crippen LogP contribution is 2.22. The van der Waals surface area contributed by atoms with Crippen LogP contribution in [-0.2, 0) is 0 Å². The van der Waals surface area contributed by atoms with E-state index in [2.05, 4.69) is 23.8 Å². The molecule has 2 heteroatoms. The van der Waals surface area contributed by atoms with Gasteiger partial charge in [0.2, 0.25) is 0 Å². The first-order valence-electron chi connectivity index (χ1n) is 6.18. The van der Waals surface area contributed by atoms with Crippen molar-refractivity contribution in [2.45, 2.75) is 38.6 Å². The van der Waals surface area contributed by atoms with Crippen LogP contribution < -0.4 is 0 Å². The van der Waals surface area contributed by atoms with Crippen LogP contribution in [-0.4, -0.2) is 49.1 Å². The molecule has 0 aromatic rings. The van der Waals surface area contributed by atoms with Crippen molar-refractivity contribution >= 4 is 0 Å². The number of rotatable bonds is 1. The predicted octanol–water partition coefficient (Wildman–Crippen LogP) is 1.81. The molecular formula is C12H24N2. The Labute approximate surface area is 88.3 Å². The zero-order valence-electron chi connectivity index (χ0n) is 9.71. The lowest BCUT2D eigenvalue weighted by Gasteiger charge is -2.41. The molecule has 1 atom stereocenters. The zero-order valence-corrected chi connectivity index (χ0v) is 9.71. The van der Waals surface area contributed by atoms with E-state index in [0.29, 0.717) is 0 Å². The van der Waals surface area contributed by atoms with Crippen LogP contribution in [0.25, 0.3) is 0 Å². The minimum Gasteiger partial charge on any atom is -0.306 e. The summed E-state index contributed by atoms with van der Waals surface area (Å²) in [7, 11) is 2.25. The number of nitrogens with zero attached hydrogens (tertiary/aromatic N) is 2. The van der Waals surface area contributed by atoms with Crippen molar-refractivity contribution in [3.8, 4) is 0 Å². The van der Waals surface area contributed by atoms with E-state index in [4.69, 9.17) is 0 Å². The Hall–Kier alpha value is -0.0800. The second-order valence-corrected chi connectivity index (χ2v) is 5.28. The van der Waals surface area contributed by atoms with Gasteiger partial charge in [-0.3, -0.25) is 0 Å². The molecule has 0 spiro atoms. The van der Waals surface area contributed by atoms with Gasteiger partial charge in [-0.05, 0) is 58.3 Å². The van der Waals surface area contributed by atoms with Gasteiger partial charge >= 0.3 is 0 Å². The Kier molecular flexibility index (Phi) is 3.45. The summed E-state index contributed by atoms with van der Waals surface area (Å²) in [6.45, 7) is 7.72. The standard InChI is InChI=1S/C12H24N2/c1-11-4-3-7-14(10-11)12-5-8-13(2)9-6-12/h11-12H,3-10H2,1-2H3. The zero-order chi connectivity index (χ0) is 9.97. The van der Waals surface area contributed by atoms with Gasteiger partial charge in [0, 0.05) is 12.6 Å². The van der Waals surface area contributed by atoms with Crippen molar-refractivity contribution in [1.29, 1.82) is 0 Å². The lowest BCUT2D eigenvalue weighted by atomic mass is 9.95. The van der Waals surface area contributed by atoms with Gasteiger partial charge in [-0.2, -0.15) is 0 Å². The van der Waals surface area contributed by atoms with E-state index in [1.54, 1.807) is 0 Å².